The molecule has 0 aliphatic rings. The number of benzene rings is 2. The van der Waals surface area contributed by atoms with E-state index < -0.39 is 9.84 Å². The van der Waals surface area contributed by atoms with E-state index in [-0.39, 0.29) is 21.3 Å². The van der Waals surface area contributed by atoms with Crippen molar-refractivity contribution < 1.29 is 18.6 Å². The van der Waals surface area contributed by atoms with Crippen molar-refractivity contribution in [2.45, 2.75) is 44.4 Å². The Bertz CT molecular complexity index is 865. The maximum atomic E-state index is 13.1. The van der Waals surface area contributed by atoms with Crippen molar-refractivity contribution in [3.8, 4) is 11.5 Å². The SMILES string of the molecule is Cc1ccc(O)c(S(=O)(=O)c2c(C)cc(O)c(C)c2C)c1C. The topological polar surface area (TPSA) is 74.6 Å². The zero-order valence-corrected chi connectivity index (χ0v) is 14.2. The molecule has 0 unspecified atom stereocenters. The van der Waals surface area contributed by atoms with Crippen LogP contribution >= 0.6 is 0 Å². The summed E-state index contributed by atoms with van der Waals surface area (Å²) in [5.74, 6) is -0.188. The largest absolute Gasteiger partial charge is 0.508 e. The summed E-state index contributed by atoms with van der Waals surface area (Å²) in [6.45, 7) is 8.46. The molecule has 0 aliphatic heterocycles. The lowest BCUT2D eigenvalue weighted by molar-refractivity contribution is 0.457. The molecule has 0 saturated heterocycles. The molecule has 22 heavy (non-hydrogen) atoms. The number of aryl methyl sites for hydroxylation is 2. The van der Waals surface area contributed by atoms with E-state index in [1.165, 1.54) is 12.1 Å². The molecule has 118 valence electrons. The van der Waals surface area contributed by atoms with Gasteiger partial charge in [-0.2, -0.15) is 0 Å². The number of sulfone groups is 1. The lowest BCUT2D eigenvalue weighted by Gasteiger charge is -2.17. The third-order valence-corrected chi connectivity index (χ3v) is 6.41. The third kappa shape index (κ3) is 2.35. The van der Waals surface area contributed by atoms with Gasteiger partial charge in [-0.1, -0.05) is 6.07 Å². The van der Waals surface area contributed by atoms with Gasteiger partial charge in [0.2, 0.25) is 9.84 Å². The van der Waals surface area contributed by atoms with Gasteiger partial charge in [0.1, 0.15) is 16.4 Å². The number of rotatable bonds is 2. The first-order valence-corrected chi connectivity index (χ1v) is 8.41. The van der Waals surface area contributed by atoms with Crippen molar-refractivity contribution in [3.05, 3.63) is 46.0 Å². The molecule has 0 saturated carbocycles. The van der Waals surface area contributed by atoms with Crippen LogP contribution in [0.1, 0.15) is 27.8 Å². The molecule has 0 amide bonds. The van der Waals surface area contributed by atoms with Crippen LogP contribution < -0.4 is 0 Å². The molecule has 0 aliphatic carbocycles. The molecular formula is C17H20O4S. The fourth-order valence-corrected chi connectivity index (χ4v) is 4.82. The van der Waals surface area contributed by atoms with Gasteiger partial charge in [0.05, 0.1) is 4.90 Å². The maximum absolute atomic E-state index is 13.1. The van der Waals surface area contributed by atoms with Crippen LogP contribution in [-0.4, -0.2) is 18.6 Å². The van der Waals surface area contributed by atoms with E-state index in [1.807, 2.05) is 0 Å². The second kappa shape index (κ2) is 5.32. The van der Waals surface area contributed by atoms with Crippen LogP contribution in [0.3, 0.4) is 0 Å². The summed E-state index contributed by atoms with van der Waals surface area (Å²) in [4.78, 5) is 0.0792. The second-order valence-electron chi connectivity index (χ2n) is 5.65. The predicted octanol–water partition coefficient (Wildman–Crippen LogP) is 3.47. The molecule has 0 bridgehead atoms. The van der Waals surface area contributed by atoms with E-state index in [2.05, 4.69) is 0 Å². The average molecular weight is 320 g/mol. The highest BCUT2D eigenvalue weighted by atomic mass is 32.2. The molecule has 2 aromatic carbocycles. The first-order chi connectivity index (χ1) is 10.1. The Kier molecular flexibility index (Phi) is 3.96. The zero-order valence-electron chi connectivity index (χ0n) is 13.4. The summed E-state index contributed by atoms with van der Waals surface area (Å²) in [5.41, 5.74) is 2.80. The lowest BCUT2D eigenvalue weighted by atomic mass is 10.1. The average Bonchev–Trinajstić information content (AvgIpc) is 2.40. The van der Waals surface area contributed by atoms with Crippen LogP contribution in [-0.2, 0) is 9.84 Å². The van der Waals surface area contributed by atoms with Gasteiger partial charge in [-0.05, 0) is 74.6 Å². The van der Waals surface area contributed by atoms with Crippen LogP contribution in [0.4, 0.5) is 0 Å². The third-order valence-electron chi connectivity index (χ3n) is 4.19. The van der Waals surface area contributed by atoms with Crippen molar-refractivity contribution in [2.75, 3.05) is 0 Å². The molecule has 2 aromatic rings. The lowest BCUT2D eigenvalue weighted by Crippen LogP contribution is -2.10. The Morgan fingerprint density at radius 1 is 0.727 bits per heavy atom. The fourth-order valence-electron chi connectivity index (χ4n) is 2.67. The summed E-state index contributed by atoms with van der Waals surface area (Å²) < 4.78 is 26.2. The number of hydrogen-bond acceptors (Lipinski definition) is 4. The van der Waals surface area contributed by atoms with Crippen LogP contribution in [0.25, 0.3) is 0 Å². The van der Waals surface area contributed by atoms with E-state index in [4.69, 9.17) is 0 Å². The van der Waals surface area contributed by atoms with E-state index in [0.717, 1.165) is 5.56 Å². The highest BCUT2D eigenvalue weighted by molar-refractivity contribution is 7.91. The number of phenolic OH excluding ortho intramolecular Hbond substituents is 2. The summed E-state index contributed by atoms with van der Waals surface area (Å²) in [6.07, 6.45) is 0. The normalized spacial score (nSPS) is 11.7. The van der Waals surface area contributed by atoms with E-state index in [9.17, 15) is 18.6 Å². The van der Waals surface area contributed by atoms with Crippen LogP contribution in [0.5, 0.6) is 11.5 Å². The molecule has 2 rings (SSSR count). The Balaban J connectivity index is 2.90. The van der Waals surface area contributed by atoms with Gasteiger partial charge in [0, 0.05) is 0 Å². The predicted molar refractivity (Wildman–Crippen MR) is 85.4 cm³/mol. The molecule has 0 fully saturated rings. The molecule has 4 nitrogen and oxygen atoms in total. The van der Waals surface area contributed by atoms with Crippen molar-refractivity contribution in [2.24, 2.45) is 0 Å². The van der Waals surface area contributed by atoms with Gasteiger partial charge in [0.25, 0.3) is 0 Å². The van der Waals surface area contributed by atoms with Crippen LogP contribution in [0.2, 0.25) is 0 Å². The molecule has 5 heteroatoms. The molecule has 2 N–H and O–H groups in total. The van der Waals surface area contributed by atoms with Crippen molar-refractivity contribution in [1.29, 1.82) is 0 Å². The summed E-state index contributed by atoms with van der Waals surface area (Å²) >= 11 is 0. The summed E-state index contributed by atoms with van der Waals surface area (Å²) in [7, 11) is -3.88. The van der Waals surface area contributed by atoms with Crippen molar-refractivity contribution >= 4 is 9.84 Å². The number of phenols is 2. The first-order valence-electron chi connectivity index (χ1n) is 6.93. The van der Waals surface area contributed by atoms with Crippen LogP contribution in [0.15, 0.2) is 28.0 Å². The standard InChI is InChI=1S/C17H20O4S/c1-9-6-7-14(18)17(11(9)3)22(20,21)16-10(2)8-15(19)12(4)13(16)5/h6-8,18-19H,1-5H3. The van der Waals surface area contributed by atoms with E-state index >= 15 is 0 Å². The zero-order chi connectivity index (χ0) is 16.8. The van der Waals surface area contributed by atoms with Crippen LogP contribution in [0, 0.1) is 34.6 Å². The maximum Gasteiger partial charge on any atom is 0.211 e. The molecule has 0 spiro atoms. The quantitative estimate of drug-likeness (QED) is 0.888. The minimum Gasteiger partial charge on any atom is -0.508 e. The minimum absolute atomic E-state index is 0.0659. The van der Waals surface area contributed by atoms with Gasteiger partial charge in [-0.25, -0.2) is 8.42 Å². The van der Waals surface area contributed by atoms with Gasteiger partial charge in [-0.3, -0.25) is 0 Å². The first kappa shape index (κ1) is 16.4. The molecule has 0 aromatic heterocycles. The van der Waals surface area contributed by atoms with Crippen molar-refractivity contribution in [3.63, 3.8) is 0 Å². The van der Waals surface area contributed by atoms with Crippen molar-refractivity contribution in [1.82, 2.24) is 0 Å². The second-order valence-corrected chi connectivity index (χ2v) is 7.47. The summed E-state index contributed by atoms with van der Waals surface area (Å²) in [5, 5.41) is 19.9. The smallest absolute Gasteiger partial charge is 0.211 e. The summed E-state index contributed by atoms with van der Waals surface area (Å²) in [6, 6.07) is 4.52. The Labute approximate surface area is 131 Å². The monoisotopic (exact) mass is 320 g/mol. The highest BCUT2D eigenvalue weighted by Gasteiger charge is 2.29. The van der Waals surface area contributed by atoms with Gasteiger partial charge < -0.3 is 10.2 Å². The molecule has 0 radical (unpaired) electrons. The molecule has 0 atom stereocenters. The van der Waals surface area contributed by atoms with Gasteiger partial charge in [0.15, 0.2) is 0 Å². The number of aromatic hydroxyl groups is 2. The highest BCUT2D eigenvalue weighted by Crippen LogP contribution is 2.38. The van der Waals surface area contributed by atoms with E-state index in [0.29, 0.717) is 22.3 Å². The van der Waals surface area contributed by atoms with E-state index in [1.54, 1.807) is 40.7 Å². The van der Waals surface area contributed by atoms with Gasteiger partial charge in [-0.15, -0.1) is 0 Å². The minimum atomic E-state index is -3.88. The molecular weight excluding hydrogens is 300 g/mol. The Morgan fingerprint density at radius 3 is 1.91 bits per heavy atom. The fraction of sp³-hybridized carbons (Fsp3) is 0.294. The Morgan fingerprint density at radius 2 is 1.32 bits per heavy atom. The van der Waals surface area contributed by atoms with Gasteiger partial charge >= 0.3 is 0 Å². The molecule has 0 heterocycles. The Hall–Kier alpha value is -2.01. The number of hydrogen-bond donors (Lipinski definition) is 2.